The van der Waals surface area contributed by atoms with E-state index in [1.165, 1.54) is 11.6 Å². The van der Waals surface area contributed by atoms with Crippen molar-refractivity contribution in [2.24, 2.45) is 0 Å². The molecule has 0 amide bonds. The second-order valence-electron chi connectivity index (χ2n) is 4.84. The molecule has 0 spiro atoms. The highest BCUT2D eigenvalue weighted by Crippen LogP contribution is 2.31. The Hall–Kier alpha value is -1.22. The summed E-state index contributed by atoms with van der Waals surface area (Å²) in [6, 6.07) is 13.6. The molecule has 2 aromatic rings. The van der Waals surface area contributed by atoms with E-state index >= 15 is 0 Å². The quantitative estimate of drug-likeness (QED) is 0.846. The molecule has 0 aliphatic heterocycles. The predicted octanol–water partition coefficient (Wildman–Crippen LogP) is 4.59. The van der Waals surface area contributed by atoms with Gasteiger partial charge in [-0.2, -0.15) is 0 Å². The summed E-state index contributed by atoms with van der Waals surface area (Å²) in [7, 11) is 0. The first-order valence-electron chi connectivity index (χ1n) is 6.50. The second-order valence-corrected chi connectivity index (χ2v) is 5.68. The molecule has 106 valence electrons. The zero-order valence-electron chi connectivity index (χ0n) is 11.2. The van der Waals surface area contributed by atoms with E-state index in [0.29, 0.717) is 23.0 Å². The van der Waals surface area contributed by atoms with Crippen molar-refractivity contribution >= 4 is 23.2 Å². The molecule has 0 saturated carbocycles. The molecule has 0 radical (unpaired) electrons. The van der Waals surface area contributed by atoms with Crippen LogP contribution in [0.25, 0.3) is 0 Å². The van der Waals surface area contributed by atoms with Crippen molar-refractivity contribution in [3.63, 3.8) is 0 Å². The summed E-state index contributed by atoms with van der Waals surface area (Å²) in [5, 5.41) is 14.0. The highest BCUT2D eigenvalue weighted by Gasteiger charge is 2.09. The fourth-order valence-electron chi connectivity index (χ4n) is 2.08. The van der Waals surface area contributed by atoms with Gasteiger partial charge in [0.25, 0.3) is 0 Å². The Labute approximate surface area is 129 Å². The summed E-state index contributed by atoms with van der Waals surface area (Å²) in [4.78, 5) is 0. The molecule has 2 nitrogen and oxygen atoms in total. The van der Waals surface area contributed by atoms with Crippen LogP contribution in [0, 0.1) is 0 Å². The number of hydrogen-bond acceptors (Lipinski definition) is 2. The summed E-state index contributed by atoms with van der Waals surface area (Å²) in [5.41, 5.74) is 2.00. The van der Waals surface area contributed by atoms with Crippen LogP contribution in [0.15, 0.2) is 42.5 Å². The first-order valence-corrected chi connectivity index (χ1v) is 7.26. The predicted molar refractivity (Wildman–Crippen MR) is 84.7 cm³/mol. The highest BCUT2D eigenvalue weighted by atomic mass is 35.5. The maximum atomic E-state index is 9.87. The lowest BCUT2D eigenvalue weighted by Gasteiger charge is -2.14. The molecule has 2 aromatic carbocycles. The lowest BCUT2D eigenvalue weighted by molar-refractivity contribution is 0.463. The molecule has 0 heterocycles. The van der Waals surface area contributed by atoms with Gasteiger partial charge in [-0.15, -0.1) is 0 Å². The maximum absolute atomic E-state index is 9.87. The zero-order chi connectivity index (χ0) is 14.5. The van der Waals surface area contributed by atoms with Crippen molar-refractivity contribution in [1.29, 1.82) is 0 Å². The van der Waals surface area contributed by atoms with E-state index in [-0.39, 0.29) is 10.8 Å². The van der Waals surface area contributed by atoms with Gasteiger partial charge in [-0.05, 0) is 23.6 Å². The van der Waals surface area contributed by atoms with Crippen LogP contribution in [-0.2, 0) is 6.54 Å². The minimum atomic E-state index is 0.0935. The first kappa shape index (κ1) is 15.2. The monoisotopic (exact) mass is 309 g/mol. The Morgan fingerprint density at radius 1 is 1.15 bits per heavy atom. The molecule has 0 fully saturated rings. The minimum absolute atomic E-state index is 0.0935. The van der Waals surface area contributed by atoms with E-state index in [0.717, 1.165) is 6.54 Å². The van der Waals surface area contributed by atoms with Crippen LogP contribution in [0.2, 0.25) is 10.0 Å². The van der Waals surface area contributed by atoms with Gasteiger partial charge >= 0.3 is 0 Å². The van der Waals surface area contributed by atoms with Crippen LogP contribution in [-0.4, -0.2) is 11.7 Å². The number of phenolic OH excluding ortho intramolecular Hbond substituents is 1. The van der Waals surface area contributed by atoms with E-state index in [4.69, 9.17) is 23.2 Å². The van der Waals surface area contributed by atoms with Gasteiger partial charge < -0.3 is 10.4 Å². The number of benzene rings is 2. The summed E-state index contributed by atoms with van der Waals surface area (Å²) in [5.74, 6) is 0.490. The molecule has 0 aromatic heterocycles. The highest BCUT2D eigenvalue weighted by molar-refractivity contribution is 6.35. The Morgan fingerprint density at radius 3 is 2.55 bits per heavy atom. The summed E-state index contributed by atoms with van der Waals surface area (Å²) >= 11 is 11.8. The Morgan fingerprint density at radius 2 is 1.85 bits per heavy atom. The lowest BCUT2D eigenvalue weighted by Crippen LogP contribution is -2.19. The number of halogens is 2. The Bertz CT molecular complexity index is 572. The largest absolute Gasteiger partial charge is 0.506 e. The molecule has 1 atom stereocenters. The van der Waals surface area contributed by atoms with E-state index in [9.17, 15) is 5.11 Å². The summed E-state index contributed by atoms with van der Waals surface area (Å²) in [6.45, 7) is 3.50. The molecular formula is C16H17Cl2NO. The number of aromatic hydroxyl groups is 1. The van der Waals surface area contributed by atoms with Crippen LogP contribution in [0.4, 0.5) is 0 Å². The molecule has 2 rings (SSSR count). The van der Waals surface area contributed by atoms with Crippen molar-refractivity contribution in [1.82, 2.24) is 5.32 Å². The van der Waals surface area contributed by atoms with Crippen molar-refractivity contribution in [3.8, 4) is 5.75 Å². The zero-order valence-corrected chi connectivity index (χ0v) is 12.7. The van der Waals surface area contributed by atoms with Crippen LogP contribution >= 0.6 is 23.2 Å². The molecule has 0 bridgehead atoms. The Balaban J connectivity index is 1.93. The molecular weight excluding hydrogens is 293 g/mol. The Kier molecular flexibility index (Phi) is 5.30. The molecule has 0 aliphatic carbocycles. The van der Waals surface area contributed by atoms with Gasteiger partial charge in [0.05, 0.1) is 5.02 Å². The van der Waals surface area contributed by atoms with Gasteiger partial charge in [-0.3, -0.25) is 0 Å². The van der Waals surface area contributed by atoms with Gasteiger partial charge in [0, 0.05) is 23.7 Å². The van der Waals surface area contributed by atoms with E-state index in [1.54, 1.807) is 6.07 Å². The number of phenols is 1. The first-order chi connectivity index (χ1) is 9.58. The third kappa shape index (κ3) is 3.89. The van der Waals surface area contributed by atoms with E-state index in [2.05, 4.69) is 24.4 Å². The van der Waals surface area contributed by atoms with Crippen molar-refractivity contribution in [2.45, 2.75) is 19.4 Å². The third-order valence-corrected chi connectivity index (χ3v) is 3.75. The second kappa shape index (κ2) is 6.98. The standard InChI is InChI=1S/C16H17Cl2NO/c1-11(12-5-3-2-4-6-12)9-19-10-13-7-14(17)8-15(18)16(13)20/h2-8,11,19-20H,9-10H2,1H3. The molecule has 0 aliphatic rings. The van der Waals surface area contributed by atoms with E-state index < -0.39 is 0 Å². The average molecular weight is 310 g/mol. The fraction of sp³-hybridized carbons (Fsp3) is 0.250. The van der Waals surface area contributed by atoms with Crippen LogP contribution in [0.5, 0.6) is 5.75 Å². The lowest BCUT2D eigenvalue weighted by atomic mass is 10.0. The van der Waals surface area contributed by atoms with Gasteiger partial charge in [0.1, 0.15) is 5.75 Å². The van der Waals surface area contributed by atoms with Crippen molar-refractivity contribution < 1.29 is 5.11 Å². The van der Waals surface area contributed by atoms with Gasteiger partial charge in [-0.25, -0.2) is 0 Å². The third-order valence-electron chi connectivity index (χ3n) is 3.24. The normalized spacial score (nSPS) is 12.3. The molecule has 2 N–H and O–H groups in total. The SMILES string of the molecule is CC(CNCc1cc(Cl)cc(Cl)c1O)c1ccccc1. The van der Waals surface area contributed by atoms with Crippen molar-refractivity contribution in [2.75, 3.05) is 6.54 Å². The number of hydrogen-bond donors (Lipinski definition) is 2. The van der Waals surface area contributed by atoms with Gasteiger partial charge in [0.15, 0.2) is 0 Å². The minimum Gasteiger partial charge on any atom is -0.506 e. The van der Waals surface area contributed by atoms with Crippen molar-refractivity contribution in [3.05, 3.63) is 63.6 Å². The number of nitrogens with one attached hydrogen (secondary N) is 1. The molecule has 4 heteroatoms. The van der Waals surface area contributed by atoms with Gasteiger partial charge in [0.2, 0.25) is 0 Å². The van der Waals surface area contributed by atoms with Crippen LogP contribution in [0.3, 0.4) is 0 Å². The molecule has 0 saturated heterocycles. The fourth-order valence-corrected chi connectivity index (χ4v) is 2.61. The average Bonchev–Trinajstić information content (AvgIpc) is 2.44. The summed E-state index contributed by atoms with van der Waals surface area (Å²) in [6.07, 6.45) is 0. The van der Waals surface area contributed by atoms with E-state index in [1.807, 2.05) is 18.2 Å². The van der Waals surface area contributed by atoms with Crippen LogP contribution < -0.4 is 5.32 Å². The molecule has 1 unspecified atom stereocenters. The number of rotatable bonds is 5. The maximum Gasteiger partial charge on any atom is 0.138 e. The summed E-state index contributed by atoms with van der Waals surface area (Å²) < 4.78 is 0. The molecule has 20 heavy (non-hydrogen) atoms. The smallest absolute Gasteiger partial charge is 0.138 e. The topological polar surface area (TPSA) is 32.3 Å². The van der Waals surface area contributed by atoms with Gasteiger partial charge in [-0.1, -0.05) is 60.5 Å². The van der Waals surface area contributed by atoms with Crippen LogP contribution in [0.1, 0.15) is 24.0 Å².